The van der Waals surface area contributed by atoms with Gasteiger partial charge in [0.1, 0.15) is 12.7 Å². The second-order valence-electron chi connectivity index (χ2n) is 6.57. The highest BCUT2D eigenvalue weighted by molar-refractivity contribution is 5.92. The summed E-state index contributed by atoms with van der Waals surface area (Å²) in [5.41, 5.74) is 2.35. The van der Waals surface area contributed by atoms with E-state index >= 15 is 0 Å². The van der Waals surface area contributed by atoms with Crippen LogP contribution in [0.4, 0.5) is 5.69 Å². The molecule has 0 aromatic heterocycles. The number of hydrogen-bond acceptors (Lipinski definition) is 5. The third-order valence-corrected chi connectivity index (χ3v) is 4.31. The fraction of sp³-hybridized carbons (Fsp3) is 0.333. The molecule has 1 fully saturated rings. The van der Waals surface area contributed by atoms with Crippen LogP contribution in [0.1, 0.15) is 22.8 Å². The number of carbonyl (C=O) groups is 2. The van der Waals surface area contributed by atoms with Crippen molar-refractivity contribution in [2.75, 3.05) is 31.6 Å². The number of hydrogen-bond donors (Lipinski definition) is 1. The summed E-state index contributed by atoms with van der Waals surface area (Å²) in [6.45, 7) is 4.73. The molecule has 0 spiro atoms. The molecule has 0 bridgehead atoms. The molecule has 1 heterocycles. The van der Waals surface area contributed by atoms with Gasteiger partial charge in [0, 0.05) is 32.2 Å². The lowest BCUT2D eigenvalue weighted by Gasteiger charge is -2.32. The number of carbonyl (C=O) groups excluding carboxylic acids is 2. The largest absolute Gasteiger partial charge is 0.459 e. The molecule has 0 saturated carbocycles. The molecular formula is C21H24N2O4. The van der Waals surface area contributed by atoms with Crippen LogP contribution in [0.3, 0.4) is 0 Å². The second kappa shape index (κ2) is 9.30. The Hall–Kier alpha value is -2.70. The third kappa shape index (κ3) is 5.91. The maximum Gasteiger partial charge on any atom is 0.338 e. The summed E-state index contributed by atoms with van der Waals surface area (Å²) in [7, 11) is 0. The van der Waals surface area contributed by atoms with Crippen molar-refractivity contribution in [1.82, 2.24) is 4.90 Å². The van der Waals surface area contributed by atoms with Crippen LogP contribution in [0.5, 0.6) is 0 Å². The smallest absolute Gasteiger partial charge is 0.338 e. The molecule has 1 aliphatic rings. The van der Waals surface area contributed by atoms with Crippen LogP contribution in [0, 0.1) is 0 Å². The molecule has 2 aromatic rings. The molecule has 1 unspecified atom stereocenters. The molecule has 0 radical (unpaired) electrons. The average molecular weight is 368 g/mol. The van der Waals surface area contributed by atoms with Crippen molar-refractivity contribution < 1.29 is 19.1 Å². The standard InChI is InChI=1S/C21H24N2O4/c1-16(24)22-19-9-7-18(8-10-19)21(25)27-15-20-14-23(11-12-26-20)13-17-5-3-2-4-6-17/h2-10,20H,11-15H2,1H3,(H,22,24). The van der Waals surface area contributed by atoms with E-state index in [-0.39, 0.29) is 18.6 Å². The molecular weight excluding hydrogens is 344 g/mol. The Bertz CT molecular complexity index is 762. The van der Waals surface area contributed by atoms with Gasteiger partial charge in [-0.25, -0.2) is 4.79 Å². The Morgan fingerprint density at radius 2 is 1.89 bits per heavy atom. The first-order valence-corrected chi connectivity index (χ1v) is 9.03. The van der Waals surface area contributed by atoms with Gasteiger partial charge in [0.2, 0.25) is 5.91 Å². The van der Waals surface area contributed by atoms with Crippen LogP contribution in [-0.4, -0.2) is 49.2 Å². The van der Waals surface area contributed by atoms with Gasteiger partial charge >= 0.3 is 5.97 Å². The third-order valence-electron chi connectivity index (χ3n) is 4.31. The van der Waals surface area contributed by atoms with Crippen LogP contribution >= 0.6 is 0 Å². The first-order valence-electron chi connectivity index (χ1n) is 9.03. The van der Waals surface area contributed by atoms with E-state index in [0.29, 0.717) is 17.9 Å². The van der Waals surface area contributed by atoms with Gasteiger partial charge in [-0.2, -0.15) is 0 Å². The molecule has 6 heteroatoms. The summed E-state index contributed by atoms with van der Waals surface area (Å²) in [6.07, 6.45) is -0.134. The molecule has 1 amide bonds. The van der Waals surface area contributed by atoms with Crippen molar-refractivity contribution in [1.29, 1.82) is 0 Å². The zero-order chi connectivity index (χ0) is 19.1. The van der Waals surface area contributed by atoms with E-state index in [1.54, 1.807) is 24.3 Å². The summed E-state index contributed by atoms with van der Waals surface area (Å²) in [4.78, 5) is 25.6. The molecule has 6 nitrogen and oxygen atoms in total. The van der Waals surface area contributed by atoms with E-state index in [4.69, 9.17) is 9.47 Å². The lowest BCUT2D eigenvalue weighted by Crippen LogP contribution is -2.44. The molecule has 142 valence electrons. The van der Waals surface area contributed by atoms with Gasteiger partial charge in [0.05, 0.1) is 12.2 Å². The summed E-state index contributed by atoms with van der Waals surface area (Å²) in [5.74, 6) is -0.548. The van der Waals surface area contributed by atoms with Gasteiger partial charge in [-0.3, -0.25) is 9.69 Å². The number of nitrogens with zero attached hydrogens (tertiary/aromatic N) is 1. The van der Waals surface area contributed by atoms with Gasteiger partial charge < -0.3 is 14.8 Å². The second-order valence-corrected chi connectivity index (χ2v) is 6.57. The minimum atomic E-state index is -0.395. The van der Waals surface area contributed by atoms with Crippen molar-refractivity contribution in [2.24, 2.45) is 0 Å². The Labute approximate surface area is 159 Å². The van der Waals surface area contributed by atoms with E-state index in [2.05, 4.69) is 22.3 Å². The molecule has 1 saturated heterocycles. The molecule has 27 heavy (non-hydrogen) atoms. The summed E-state index contributed by atoms with van der Waals surface area (Å²) in [5, 5.41) is 2.66. The van der Waals surface area contributed by atoms with E-state index in [1.807, 2.05) is 18.2 Å². The maximum atomic E-state index is 12.2. The lowest BCUT2D eigenvalue weighted by molar-refractivity contribution is -0.114. The number of ether oxygens (including phenoxy) is 2. The highest BCUT2D eigenvalue weighted by Gasteiger charge is 2.22. The molecule has 3 rings (SSSR count). The van der Waals surface area contributed by atoms with Crippen molar-refractivity contribution in [3.63, 3.8) is 0 Å². The van der Waals surface area contributed by atoms with Crippen LogP contribution in [-0.2, 0) is 20.8 Å². The highest BCUT2D eigenvalue weighted by atomic mass is 16.6. The normalized spacial score (nSPS) is 17.3. The Balaban J connectivity index is 1.47. The molecule has 1 atom stereocenters. The van der Waals surface area contributed by atoms with E-state index in [1.165, 1.54) is 12.5 Å². The van der Waals surface area contributed by atoms with E-state index in [0.717, 1.165) is 19.6 Å². The topological polar surface area (TPSA) is 67.9 Å². The van der Waals surface area contributed by atoms with Crippen molar-refractivity contribution >= 4 is 17.6 Å². The maximum absolute atomic E-state index is 12.2. The van der Waals surface area contributed by atoms with E-state index < -0.39 is 5.97 Å². The van der Waals surface area contributed by atoms with Crippen molar-refractivity contribution in [2.45, 2.75) is 19.6 Å². The van der Waals surface area contributed by atoms with Crippen LogP contribution < -0.4 is 5.32 Å². The summed E-state index contributed by atoms with van der Waals surface area (Å²) in [6, 6.07) is 16.9. The monoisotopic (exact) mass is 368 g/mol. The minimum Gasteiger partial charge on any atom is -0.459 e. The fourth-order valence-corrected chi connectivity index (χ4v) is 3.01. The minimum absolute atomic E-state index is 0.134. The summed E-state index contributed by atoms with van der Waals surface area (Å²) >= 11 is 0. The van der Waals surface area contributed by atoms with Crippen molar-refractivity contribution in [3.05, 3.63) is 65.7 Å². The van der Waals surface area contributed by atoms with Gasteiger partial charge in [-0.1, -0.05) is 30.3 Å². The number of morpholine rings is 1. The van der Waals surface area contributed by atoms with Gasteiger partial charge in [0.15, 0.2) is 0 Å². The molecule has 1 N–H and O–H groups in total. The zero-order valence-electron chi connectivity index (χ0n) is 15.4. The van der Waals surface area contributed by atoms with E-state index in [9.17, 15) is 9.59 Å². The highest BCUT2D eigenvalue weighted by Crippen LogP contribution is 2.13. The Morgan fingerprint density at radius 1 is 1.15 bits per heavy atom. The number of rotatable bonds is 6. The zero-order valence-corrected chi connectivity index (χ0v) is 15.4. The number of amides is 1. The van der Waals surface area contributed by atoms with Crippen LogP contribution in [0.25, 0.3) is 0 Å². The van der Waals surface area contributed by atoms with Crippen LogP contribution in [0.2, 0.25) is 0 Å². The first-order chi connectivity index (χ1) is 13.1. The summed E-state index contributed by atoms with van der Waals surface area (Å²) < 4.78 is 11.1. The quantitative estimate of drug-likeness (QED) is 0.794. The Kier molecular flexibility index (Phi) is 6.57. The predicted octanol–water partition coefficient (Wildman–Crippen LogP) is 2.70. The van der Waals surface area contributed by atoms with Crippen molar-refractivity contribution in [3.8, 4) is 0 Å². The molecule has 1 aliphatic heterocycles. The van der Waals surface area contributed by atoms with Crippen LogP contribution in [0.15, 0.2) is 54.6 Å². The van der Waals surface area contributed by atoms with Gasteiger partial charge in [-0.05, 0) is 29.8 Å². The SMILES string of the molecule is CC(=O)Nc1ccc(C(=O)OCC2CN(Cc3ccccc3)CCO2)cc1. The number of anilines is 1. The number of benzene rings is 2. The van der Waals surface area contributed by atoms with Gasteiger partial charge in [0.25, 0.3) is 0 Å². The number of nitrogens with one attached hydrogen (secondary N) is 1. The molecule has 0 aliphatic carbocycles. The molecule has 2 aromatic carbocycles. The first kappa shape index (κ1) is 19.1. The van der Waals surface area contributed by atoms with Gasteiger partial charge in [-0.15, -0.1) is 0 Å². The fourth-order valence-electron chi connectivity index (χ4n) is 3.01. The Morgan fingerprint density at radius 3 is 2.59 bits per heavy atom. The average Bonchev–Trinajstić information content (AvgIpc) is 2.67. The number of esters is 1. The lowest BCUT2D eigenvalue weighted by atomic mass is 10.2. The predicted molar refractivity (Wildman–Crippen MR) is 102 cm³/mol.